The van der Waals surface area contributed by atoms with Gasteiger partial charge in [0.15, 0.2) is 5.82 Å². The lowest BCUT2D eigenvalue weighted by Crippen LogP contribution is -2.36. The minimum absolute atomic E-state index is 0.0599. The standard InChI is InChI=1S/C17H20F3N7OS/c1-2-10-8-11-13(22-16(21-4-3-7-28)23-14(11)29-10)26-5-6-27-12(9-26)24-25-15(27)17(18,19)20/h8,28H,2-7,9H2,1H3,(H,21,22,23). The zero-order valence-corrected chi connectivity index (χ0v) is 16.5. The van der Waals surface area contributed by atoms with Gasteiger partial charge in [-0.3, -0.25) is 0 Å². The molecule has 0 radical (unpaired) electrons. The molecule has 156 valence electrons. The van der Waals surface area contributed by atoms with Crippen LogP contribution in [0.25, 0.3) is 10.2 Å². The third-order valence-electron chi connectivity index (χ3n) is 4.70. The fourth-order valence-corrected chi connectivity index (χ4v) is 4.24. The Morgan fingerprint density at radius 2 is 2.07 bits per heavy atom. The van der Waals surface area contributed by atoms with E-state index in [1.807, 2.05) is 11.0 Å². The molecule has 1 aliphatic rings. The Morgan fingerprint density at radius 1 is 1.24 bits per heavy atom. The van der Waals surface area contributed by atoms with Gasteiger partial charge in [0.25, 0.3) is 0 Å². The van der Waals surface area contributed by atoms with Crippen molar-refractivity contribution >= 4 is 33.3 Å². The largest absolute Gasteiger partial charge is 0.451 e. The minimum atomic E-state index is -4.53. The molecule has 3 aromatic rings. The van der Waals surface area contributed by atoms with Crippen molar-refractivity contribution in [2.75, 3.05) is 29.9 Å². The van der Waals surface area contributed by atoms with Gasteiger partial charge in [-0.15, -0.1) is 21.5 Å². The van der Waals surface area contributed by atoms with E-state index in [0.29, 0.717) is 31.3 Å². The molecule has 0 unspecified atom stereocenters. The maximum Gasteiger partial charge on any atom is 0.451 e. The number of anilines is 2. The SMILES string of the molecule is CCc1cc2c(N3CCn4c(nnc4C(F)(F)F)C3)nc(NCCCO)nc2s1. The predicted octanol–water partition coefficient (Wildman–Crippen LogP) is 2.68. The molecule has 12 heteroatoms. The van der Waals surface area contributed by atoms with Gasteiger partial charge in [0, 0.05) is 31.1 Å². The zero-order chi connectivity index (χ0) is 20.6. The maximum absolute atomic E-state index is 13.1. The van der Waals surface area contributed by atoms with Gasteiger partial charge in [0.2, 0.25) is 11.8 Å². The zero-order valence-electron chi connectivity index (χ0n) is 15.7. The molecule has 4 rings (SSSR count). The van der Waals surface area contributed by atoms with E-state index in [-0.39, 0.29) is 25.5 Å². The smallest absolute Gasteiger partial charge is 0.396 e. The molecular weight excluding hydrogens is 407 g/mol. The second-order valence-corrected chi connectivity index (χ2v) is 7.79. The summed E-state index contributed by atoms with van der Waals surface area (Å²) in [5, 5.41) is 20.1. The van der Waals surface area contributed by atoms with E-state index in [1.54, 1.807) is 11.3 Å². The van der Waals surface area contributed by atoms with Gasteiger partial charge in [0.05, 0.1) is 11.9 Å². The fraction of sp³-hybridized carbons (Fsp3) is 0.529. The van der Waals surface area contributed by atoms with Crippen LogP contribution in [0, 0.1) is 0 Å². The van der Waals surface area contributed by atoms with E-state index in [0.717, 1.165) is 26.1 Å². The lowest BCUT2D eigenvalue weighted by atomic mass is 10.2. The number of aryl methyl sites for hydroxylation is 1. The molecule has 4 heterocycles. The Bertz CT molecular complexity index is 1020. The van der Waals surface area contributed by atoms with Gasteiger partial charge < -0.3 is 19.9 Å². The summed E-state index contributed by atoms with van der Waals surface area (Å²) in [7, 11) is 0. The third-order valence-corrected chi connectivity index (χ3v) is 5.87. The molecular formula is C17H20F3N7OS. The first-order chi connectivity index (χ1) is 13.9. The molecule has 29 heavy (non-hydrogen) atoms. The Morgan fingerprint density at radius 3 is 2.79 bits per heavy atom. The van der Waals surface area contributed by atoms with Crippen molar-refractivity contribution in [3.05, 3.63) is 22.6 Å². The quantitative estimate of drug-likeness (QED) is 0.585. The van der Waals surface area contributed by atoms with Crippen LogP contribution in [-0.4, -0.2) is 49.5 Å². The summed E-state index contributed by atoms with van der Waals surface area (Å²) >= 11 is 1.57. The summed E-state index contributed by atoms with van der Waals surface area (Å²) in [4.78, 5) is 13.1. The molecule has 3 aromatic heterocycles. The van der Waals surface area contributed by atoms with Crippen LogP contribution in [0.3, 0.4) is 0 Å². The summed E-state index contributed by atoms with van der Waals surface area (Å²) in [5.41, 5.74) is 0. The van der Waals surface area contributed by atoms with Crippen molar-refractivity contribution in [3.8, 4) is 0 Å². The molecule has 0 saturated heterocycles. The topological polar surface area (TPSA) is 92.0 Å². The summed E-state index contributed by atoms with van der Waals surface area (Å²) in [6.45, 7) is 3.30. The van der Waals surface area contributed by atoms with Crippen LogP contribution in [0.2, 0.25) is 0 Å². The third kappa shape index (κ3) is 3.86. The number of thiophene rings is 1. The molecule has 0 spiro atoms. The van der Waals surface area contributed by atoms with Gasteiger partial charge in [-0.1, -0.05) is 6.92 Å². The number of nitrogens with zero attached hydrogens (tertiary/aromatic N) is 6. The first-order valence-corrected chi connectivity index (χ1v) is 10.1. The molecule has 0 aliphatic carbocycles. The summed E-state index contributed by atoms with van der Waals surface area (Å²) in [5.74, 6) is 0.403. The van der Waals surface area contributed by atoms with Crippen LogP contribution in [0.15, 0.2) is 6.07 Å². The maximum atomic E-state index is 13.1. The molecule has 8 nitrogen and oxygen atoms in total. The van der Waals surface area contributed by atoms with Crippen LogP contribution in [-0.2, 0) is 25.7 Å². The number of halogens is 3. The number of hydrogen-bond acceptors (Lipinski definition) is 8. The van der Waals surface area contributed by atoms with Crippen LogP contribution >= 0.6 is 11.3 Å². The van der Waals surface area contributed by atoms with E-state index < -0.39 is 12.0 Å². The average molecular weight is 427 g/mol. The minimum Gasteiger partial charge on any atom is -0.396 e. The molecule has 2 N–H and O–H groups in total. The second kappa shape index (κ2) is 7.75. The summed E-state index contributed by atoms with van der Waals surface area (Å²) in [6, 6.07) is 2.04. The lowest BCUT2D eigenvalue weighted by molar-refractivity contribution is -0.147. The Kier molecular flexibility index (Phi) is 5.30. The number of alkyl halides is 3. The number of aliphatic hydroxyl groups excluding tert-OH is 1. The van der Waals surface area contributed by atoms with Crippen molar-refractivity contribution in [1.29, 1.82) is 0 Å². The van der Waals surface area contributed by atoms with Gasteiger partial charge >= 0.3 is 6.18 Å². The Labute approximate surface area is 168 Å². The lowest BCUT2D eigenvalue weighted by Gasteiger charge is -2.29. The molecule has 0 fully saturated rings. The van der Waals surface area contributed by atoms with Crippen molar-refractivity contribution in [3.63, 3.8) is 0 Å². The second-order valence-electron chi connectivity index (χ2n) is 6.67. The highest BCUT2D eigenvalue weighted by atomic mass is 32.1. The number of aromatic nitrogens is 5. The number of fused-ring (bicyclic) bond motifs is 2. The summed E-state index contributed by atoms with van der Waals surface area (Å²) < 4.78 is 40.4. The molecule has 0 aromatic carbocycles. The highest BCUT2D eigenvalue weighted by Crippen LogP contribution is 2.35. The number of nitrogens with one attached hydrogen (secondary N) is 1. The first kappa shape index (κ1) is 19.8. The average Bonchev–Trinajstić information content (AvgIpc) is 3.30. The Balaban J connectivity index is 1.69. The van der Waals surface area contributed by atoms with Crippen LogP contribution in [0.5, 0.6) is 0 Å². The summed E-state index contributed by atoms with van der Waals surface area (Å²) in [6.07, 6.45) is -3.10. The fourth-order valence-electron chi connectivity index (χ4n) is 3.28. The normalized spacial score (nSPS) is 14.4. The van der Waals surface area contributed by atoms with Gasteiger partial charge in [-0.05, 0) is 18.9 Å². The van der Waals surface area contributed by atoms with Crippen LogP contribution in [0.4, 0.5) is 24.9 Å². The van der Waals surface area contributed by atoms with E-state index in [4.69, 9.17) is 5.11 Å². The monoisotopic (exact) mass is 427 g/mol. The Hall–Kier alpha value is -2.47. The van der Waals surface area contributed by atoms with E-state index in [2.05, 4.69) is 32.4 Å². The van der Waals surface area contributed by atoms with E-state index >= 15 is 0 Å². The van der Waals surface area contributed by atoms with E-state index in [1.165, 1.54) is 0 Å². The highest BCUT2D eigenvalue weighted by molar-refractivity contribution is 7.18. The first-order valence-electron chi connectivity index (χ1n) is 9.30. The van der Waals surface area contributed by atoms with Crippen LogP contribution < -0.4 is 10.2 Å². The van der Waals surface area contributed by atoms with Crippen LogP contribution in [0.1, 0.15) is 29.9 Å². The van der Waals surface area contributed by atoms with Crippen molar-refractivity contribution < 1.29 is 18.3 Å². The molecule has 1 aliphatic heterocycles. The number of aliphatic hydroxyl groups is 1. The molecule has 0 amide bonds. The van der Waals surface area contributed by atoms with Crippen molar-refractivity contribution in [2.24, 2.45) is 0 Å². The predicted molar refractivity (Wildman–Crippen MR) is 103 cm³/mol. The highest BCUT2D eigenvalue weighted by Gasteiger charge is 2.39. The van der Waals surface area contributed by atoms with Crippen molar-refractivity contribution in [2.45, 2.75) is 39.0 Å². The van der Waals surface area contributed by atoms with E-state index in [9.17, 15) is 13.2 Å². The van der Waals surface area contributed by atoms with Crippen molar-refractivity contribution in [1.82, 2.24) is 24.7 Å². The number of hydrogen-bond donors (Lipinski definition) is 2. The molecule has 0 atom stereocenters. The molecule has 0 saturated carbocycles. The number of rotatable bonds is 6. The van der Waals surface area contributed by atoms with Gasteiger partial charge in [0.1, 0.15) is 10.6 Å². The van der Waals surface area contributed by atoms with Gasteiger partial charge in [-0.25, -0.2) is 4.98 Å². The molecule has 0 bridgehead atoms. The van der Waals surface area contributed by atoms with Gasteiger partial charge in [-0.2, -0.15) is 18.2 Å².